The van der Waals surface area contributed by atoms with Gasteiger partial charge in [0.15, 0.2) is 5.78 Å². The maximum Gasteiger partial charge on any atom is 0.182 e. The molecule has 0 saturated heterocycles. The Bertz CT molecular complexity index is 489. The lowest BCUT2D eigenvalue weighted by atomic mass is 10.1. The zero-order chi connectivity index (χ0) is 14.9. The fourth-order valence-electron chi connectivity index (χ4n) is 2.88. The molecule has 0 amide bonds. The number of halogens is 1. The molecule has 2 rings (SSSR count). The molecule has 1 atom stereocenters. The molecule has 0 aromatic carbocycles. The van der Waals surface area contributed by atoms with Crippen LogP contribution in [0.25, 0.3) is 0 Å². The van der Waals surface area contributed by atoms with Gasteiger partial charge in [-0.15, -0.1) is 11.6 Å². The minimum absolute atomic E-state index is 0.0283. The first-order valence-electron chi connectivity index (χ1n) is 7.54. The summed E-state index contributed by atoms with van der Waals surface area (Å²) in [6, 6.07) is 2.77. The van der Waals surface area contributed by atoms with Gasteiger partial charge in [-0.1, -0.05) is 6.92 Å². The van der Waals surface area contributed by atoms with E-state index in [0.29, 0.717) is 0 Å². The van der Waals surface area contributed by atoms with E-state index < -0.39 is 5.38 Å². The number of carbonyl (C=O) groups is 1. The summed E-state index contributed by atoms with van der Waals surface area (Å²) >= 11 is 5.93. The second-order valence-electron chi connectivity index (χ2n) is 5.78. The van der Waals surface area contributed by atoms with E-state index in [-0.39, 0.29) is 5.78 Å². The van der Waals surface area contributed by atoms with E-state index in [1.807, 2.05) is 13.0 Å². The van der Waals surface area contributed by atoms with Crippen LogP contribution in [0.2, 0.25) is 0 Å². The SMILES string of the molecule is CCN(CCn1c(C)cc(C(=O)C(C)Cl)c1C)C1CC1. The zero-order valence-corrected chi connectivity index (χ0v) is 13.7. The van der Waals surface area contributed by atoms with E-state index in [1.54, 1.807) is 6.92 Å². The topological polar surface area (TPSA) is 25.2 Å². The third kappa shape index (κ3) is 3.26. The lowest BCUT2D eigenvalue weighted by Gasteiger charge is -2.21. The molecule has 0 radical (unpaired) electrons. The third-order valence-electron chi connectivity index (χ3n) is 4.28. The second-order valence-corrected chi connectivity index (χ2v) is 6.43. The van der Waals surface area contributed by atoms with Gasteiger partial charge in [-0.05, 0) is 46.2 Å². The van der Waals surface area contributed by atoms with Crippen LogP contribution >= 0.6 is 11.6 Å². The van der Waals surface area contributed by atoms with Gasteiger partial charge in [-0.2, -0.15) is 0 Å². The van der Waals surface area contributed by atoms with E-state index in [4.69, 9.17) is 11.6 Å². The van der Waals surface area contributed by atoms with Crippen LogP contribution in [0, 0.1) is 13.8 Å². The summed E-state index contributed by atoms with van der Waals surface area (Å²) in [5, 5.41) is -0.456. The maximum absolute atomic E-state index is 12.1. The van der Waals surface area contributed by atoms with Crippen LogP contribution < -0.4 is 0 Å². The van der Waals surface area contributed by atoms with Gasteiger partial charge in [0.25, 0.3) is 0 Å². The first-order chi connectivity index (χ1) is 9.45. The average molecular weight is 297 g/mol. The predicted molar refractivity (Wildman–Crippen MR) is 83.8 cm³/mol. The molecule has 20 heavy (non-hydrogen) atoms. The van der Waals surface area contributed by atoms with Crippen molar-refractivity contribution >= 4 is 17.4 Å². The number of likely N-dealkylation sites (N-methyl/N-ethyl adjacent to an activating group) is 1. The van der Waals surface area contributed by atoms with Crippen molar-refractivity contribution in [2.24, 2.45) is 0 Å². The van der Waals surface area contributed by atoms with Gasteiger partial charge in [0.05, 0.1) is 5.38 Å². The molecule has 1 saturated carbocycles. The van der Waals surface area contributed by atoms with Crippen molar-refractivity contribution in [3.8, 4) is 0 Å². The number of alkyl halides is 1. The molecule has 1 aliphatic carbocycles. The van der Waals surface area contributed by atoms with Gasteiger partial charge in [0, 0.05) is 36.1 Å². The molecule has 0 aliphatic heterocycles. The van der Waals surface area contributed by atoms with Gasteiger partial charge in [0.2, 0.25) is 0 Å². The number of rotatable bonds is 7. The highest BCUT2D eigenvalue weighted by Gasteiger charge is 2.27. The Morgan fingerprint density at radius 1 is 1.50 bits per heavy atom. The van der Waals surface area contributed by atoms with Crippen LogP contribution in [0.3, 0.4) is 0 Å². The third-order valence-corrected chi connectivity index (χ3v) is 4.48. The number of carbonyl (C=O) groups excluding carboxylic acids is 1. The molecule has 1 aromatic heterocycles. The average Bonchev–Trinajstić information content (AvgIpc) is 3.19. The molecular formula is C16H25ClN2O. The van der Waals surface area contributed by atoms with E-state index in [0.717, 1.165) is 42.6 Å². The Hall–Kier alpha value is -0.800. The van der Waals surface area contributed by atoms with Crippen molar-refractivity contribution < 1.29 is 4.79 Å². The summed E-state index contributed by atoms with van der Waals surface area (Å²) in [5.74, 6) is 0.0283. The summed E-state index contributed by atoms with van der Waals surface area (Å²) in [6.07, 6.45) is 2.68. The fourth-order valence-corrected chi connectivity index (χ4v) is 2.99. The molecule has 1 unspecified atom stereocenters. The zero-order valence-electron chi connectivity index (χ0n) is 12.9. The Morgan fingerprint density at radius 2 is 2.15 bits per heavy atom. The Labute approximate surface area is 126 Å². The summed E-state index contributed by atoms with van der Waals surface area (Å²) in [4.78, 5) is 14.6. The molecule has 112 valence electrons. The highest BCUT2D eigenvalue weighted by Crippen LogP contribution is 2.26. The molecule has 0 spiro atoms. The van der Waals surface area contributed by atoms with E-state index in [9.17, 15) is 4.79 Å². The van der Waals surface area contributed by atoms with E-state index in [1.165, 1.54) is 12.8 Å². The summed E-state index contributed by atoms with van der Waals surface area (Å²) in [5.41, 5.74) is 2.97. The smallest absolute Gasteiger partial charge is 0.182 e. The second kappa shape index (κ2) is 6.31. The normalized spacial score (nSPS) is 16.7. The van der Waals surface area contributed by atoms with E-state index >= 15 is 0 Å². The van der Waals surface area contributed by atoms with Crippen molar-refractivity contribution in [1.29, 1.82) is 0 Å². The summed E-state index contributed by atoms with van der Waals surface area (Å²) in [7, 11) is 0. The van der Waals surface area contributed by atoms with E-state index in [2.05, 4.69) is 23.3 Å². The molecule has 1 fully saturated rings. The van der Waals surface area contributed by atoms with Gasteiger partial charge in [-0.25, -0.2) is 0 Å². The first kappa shape index (κ1) is 15.6. The highest BCUT2D eigenvalue weighted by molar-refractivity contribution is 6.33. The molecule has 0 bridgehead atoms. The highest BCUT2D eigenvalue weighted by atomic mass is 35.5. The monoisotopic (exact) mass is 296 g/mol. The number of ketones is 1. The van der Waals surface area contributed by atoms with Gasteiger partial charge in [0.1, 0.15) is 0 Å². The maximum atomic E-state index is 12.1. The van der Waals surface area contributed by atoms with Crippen molar-refractivity contribution in [2.45, 2.75) is 58.5 Å². The summed E-state index contributed by atoms with van der Waals surface area (Å²) < 4.78 is 2.25. The van der Waals surface area contributed by atoms with Crippen molar-refractivity contribution in [3.63, 3.8) is 0 Å². The number of hydrogen-bond acceptors (Lipinski definition) is 2. The van der Waals surface area contributed by atoms with Crippen LogP contribution in [0.15, 0.2) is 6.07 Å². The minimum atomic E-state index is -0.456. The van der Waals surface area contributed by atoms with Gasteiger partial charge < -0.3 is 4.57 Å². The van der Waals surface area contributed by atoms with Crippen molar-refractivity contribution in [2.75, 3.05) is 13.1 Å². The molecule has 1 heterocycles. The molecule has 1 aliphatic rings. The van der Waals surface area contributed by atoms with Crippen LogP contribution in [0.1, 0.15) is 48.4 Å². The Balaban J connectivity index is 2.09. The van der Waals surface area contributed by atoms with Crippen LogP contribution in [0.4, 0.5) is 0 Å². The number of nitrogens with zero attached hydrogens (tertiary/aromatic N) is 2. The van der Waals surface area contributed by atoms with Gasteiger partial charge >= 0.3 is 0 Å². The van der Waals surface area contributed by atoms with Crippen molar-refractivity contribution in [3.05, 3.63) is 23.0 Å². The standard InChI is InChI=1S/C16H25ClN2O/c1-5-18(14-6-7-14)8-9-19-11(2)10-15(13(19)4)16(20)12(3)17/h10,12,14H,5-9H2,1-4H3. The molecular weight excluding hydrogens is 272 g/mol. The Kier molecular flexibility index (Phi) is 4.92. The summed E-state index contributed by atoms with van der Waals surface area (Å²) in [6.45, 7) is 11.2. The van der Waals surface area contributed by atoms with Gasteiger partial charge in [-0.3, -0.25) is 9.69 Å². The minimum Gasteiger partial charge on any atom is -0.347 e. The molecule has 0 N–H and O–H groups in total. The molecule has 4 heteroatoms. The molecule has 3 nitrogen and oxygen atoms in total. The number of hydrogen-bond donors (Lipinski definition) is 0. The van der Waals surface area contributed by atoms with Crippen LogP contribution in [0.5, 0.6) is 0 Å². The molecule has 1 aromatic rings. The largest absolute Gasteiger partial charge is 0.347 e. The van der Waals surface area contributed by atoms with Crippen LogP contribution in [-0.4, -0.2) is 39.8 Å². The predicted octanol–water partition coefficient (Wildman–Crippen LogP) is 3.40. The first-order valence-corrected chi connectivity index (χ1v) is 7.98. The Morgan fingerprint density at radius 3 is 2.65 bits per heavy atom. The van der Waals surface area contributed by atoms with Crippen molar-refractivity contribution in [1.82, 2.24) is 9.47 Å². The number of aromatic nitrogens is 1. The lowest BCUT2D eigenvalue weighted by molar-refractivity contribution is 0.0991. The number of Topliss-reactive ketones (excluding diaryl/α,β-unsaturated/α-hetero) is 1. The number of aryl methyl sites for hydroxylation is 1. The fraction of sp³-hybridized carbons (Fsp3) is 0.688. The quantitative estimate of drug-likeness (QED) is 0.569. The van der Waals surface area contributed by atoms with Crippen LogP contribution in [-0.2, 0) is 6.54 Å². The lowest BCUT2D eigenvalue weighted by Crippen LogP contribution is -2.30.